The van der Waals surface area contributed by atoms with Crippen LogP contribution in [0.4, 0.5) is 5.69 Å². The van der Waals surface area contributed by atoms with E-state index in [9.17, 15) is 0 Å². The number of halogens is 2. The van der Waals surface area contributed by atoms with E-state index in [4.69, 9.17) is 11.6 Å². The quantitative estimate of drug-likeness (QED) is 0.774. The number of benzene rings is 1. The topological polar surface area (TPSA) is 12.0 Å². The SMILES string of the molecule is Clc1ccc(NC2CCCC(C3CC3)C2)cc1Br. The average Bonchev–Trinajstić information content (AvgIpc) is 3.18. The number of hydrogen-bond acceptors (Lipinski definition) is 1. The van der Waals surface area contributed by atoms with Gasteiger partial charge in [-0.2, -0.15) is 0 Å². The number of nitrogens with one attached hydrogen (secondary N) is 1. The van der Waals surface area contributed by atoms with Crippen molar-refractivity contribution >= 4 is 33.2 Å². The summed E-state index contributed by atoms with van der Waals surface area (Å²) in [6.07, 6.45) is 8.45. The zero-order valence-electron chi connectivity index (χ0n) is 10.5. The molecule has 3 heteroatoms. The molecule has 2 aliphatic rings. The zero-order valence-corrected chi connectivity index (χ0v) is 12.8. The van der Waals surface area contributed by atoms with Crippen LogP contribution in [-0.4, -0.2) is 6.04 Å². The van der Waals surface area contributed by atoms with Crippen molar-refractivity contribution in [3.63, 3.8) is 0 Å². The van der Waals surface area contributed by atoms with E-state index in [1.54, 1.807) is 0 Å². The highest BCUT2D eigenvalue weighted by Crippen LogP contribution is 2.44. The first-order valence-corrected chi connectivity index (χ1v) is 8.11. The molecule has 1 aromatic rings. The van der Waals surface area contributed by atoms with Gasteiger partial charge in [-0.15, -0.1) is 0 Å². The highest BCUT2D eigenvalue weighted by molar-refractivity contribution is 9.10. The Balaban J connectivity index is 1.62. The van der Waals surface area contributed by atoms with Crippen molar-refractivity contribution < 1.29 is 0 Å². The lowest BCUT2D eigenvalue weighted by Crippen LogP contribution is -2.28. The van der Waals surface area contributed by atoms with Crippen LogP contribution >= 0.6 is 27.5 Å². The summed E-state index contributed by atoms with van der Waals surface area (Å²) in [5, 5.41) is 4.45. The summed E-state index contributed by atoms with van der Waals surface area (Å²) < 4.78 is 0.976. The molecular weight excluding hydrogens is 310 g/mol. The van der Waals surface area contributed by atoms with Crippen LogP contribution in [-0.2, 0) is 0 Å². The number of hydrogen-bond donors (Lipinski definition) is 1. The van der Waals surface area contributed by atoms with Gasteiger partial charge in [0, 0.05) is 16.2 Å². The van der Waals surface area contributed by atoms with E-state index in [1.165, 1.54) is 44.2 Å². The average molecular weight is 329 g/mol. The Bertz CT molecular complexity index is 431. The molecule has 3 rings (SSSR count). The predicted molar refractivity (Wildman–Crippen MR) is 81.2 cm³/mol. The van der Waals surface area contributed by atoms with E-state index in [2.05, 4.69) is 33.4 Å². The number of anilines is 1. The smallest absolute Gasteiger partial charge is 0.0549 e. The molecule has 0 amide bonds. The van der Waals surface area contributed by atoms with Gasteiger partial charge >= 0.3 is 0 Å². The van der Waals surface area contributed by atoms with Gasteiger partial charge in [0.25, 0.3) is 0 Å². The fourth-order valence-electron chi connectivity index (χ4n) is 3.18. The van der Waals surface area contributed by atoms with Crippen LogP contribution in [0.25, 0.3) is 0 Å². The monoisotopic (exact) mass is 327 g/mol. The summed E-state index contributed by atoms with van der Waals surface area (Å²) >= 11 is 9.51. The summed E-state index contributed by atoms with van der Waals surface area (Å²) in [7, 11) is 0. The Morgan fingerprint density at radius 2 is 1.94 bits per heavy atom. The molecule has 98 valence electrons. The van der Waals surface area contributed by atoms with E-state index in [0.717, 1.165) is 21.3 Å². The molecule has 0 spiro atoms. The Morgan fingerprint density at radius 1 is 1.11 bits per heavy atom. The van der Waals surface area contributed by atoms with Crippen molar-refractivity contribution in [1.82, 2.24) is 0 Å². The third-order valence-corrected chi connectivity index (χ3v) is 5.51. The summed E-state index contributed by atoms with van der Waals surface area (Å²) in [6, 6.07) is 6.77. The van der Waals surface area contributed by atoms with Gasteiger partial charge in [-0.05, 0) is 71.6 Å². The summed E-state index contributed by atoms with van der Waals surface area (Å²) in [4.78, 5) is 0. The molecule has 18 heavy (non-hydrogen) atoms. The molecule has 2 atom stereocenters. The molecule has 0 aromatic heterocycles. The zero-order chi connectivity index (χ0) is 12.5. The van der Waals surface area contributed by atoms with Crippen LogP contribution < -0.4 is 5.32 Å². The van der Waals surface area contributed by atoms with Gasteiger partial charge in [0.2, 0.25) is 0 Å². The lowest BCUT2D eigenvalue weighted by atomic mass is 9.82. The third kappa shape index (κ3) is 3.03. The largest absolute Gasteiger partial charge is 0.382 e. The second kappa shape index (κ2) is 5.42. The standard InChI is InChI=1S/C15H19BrClN/c16-14-9-13(6-7-15(14)17)18-12-3-1-2-11(8-12)10-4-5-10/h6-7,9-12,18H,1-5,8H2. The Kier molecular flexibility index (Phi) is 3.86. The molecular formula is C15H19BrClN. The second-order valence-corrected chi connectivity index (χ2v) is 7.00. The molecule has 2 unspecified atom stereocenters. The van der Waals surface area contributed by atoms with E-state index < -0.39 is 0 Å². The molecule has 1 aromatic carbocycles. The van der Waals surface area contributed by atoms with Gasteiger partial charge in [0.1, 0.15) is 0 Å². The van der Waals surface area contributed by atoms with E-state index in [0.29, 0.717) is 6.04 Å². The third-order valence-electron chi connectivity index (χ3n) is 4.29. The molecule has 2 saturated carbocycles. The van der Waals surface area contributed by atoms with Crippen LogP contribution in [0.15, 0.2) is 22.7 Å². The molecule has 1 N–H and O–H groups in total. The normalized spacial score (nSPS) is 28.1. The fourth-order valence-corrected chi connectivity index (χ4v) is 3.67. The van der Waals surface area contributed by atoms with Crippen LogP contribution in [0.5, 0.6) is 0 Å². The molecule has 0 saturated heterocycles. The Hall–Kier alpha value is -0.210. The lowest BCUT2D eigenvalue weighted by molar-refractivity contribution is 0.303. The highest BCUT2D eigenvalue weighted by atomic mass is 79.9. The summed E-state index contributed by atoms with van der Waals surface area (Å²) in [5.41, 5.74) is 1.19. The van der Waals surface area contributed by atoms with Crippen LogP contribution in [0.2, 0.25) is 5.02 Å². The number of rotatable bonds is 3. The maximum atomic E-state index is 6.02. The van der Waals surface area contributed by atoms with Crippen molar-refractivity contribution in [3.05, 3.63) is 27.7 Å². The molecule has 1 nitrogen and oxygen atoms in total. The predicted octanol–water partition coefficient (Wildman–Crippen LogP) is 5.48. The van der Waals surface area contributed by atoms with Crippen molar-refractivity contribution in [2.75, 3.05) is 5.32 Å². The van der Waals surface area contributed by atoms with Crippen molar-refractivity contribution in [2.45, 2.75) is 44.6 Å². The summed E-state index contributed by atoms with van der Waals surface area (Å²) in [5.74, 6) is 2.03. The molecule has 2 aliphatic carbocycles. The molecule has 0 aliphatic heterocycles. The van der Waals surface area contributed by atoms with Gasteiger partial charge in [-0.1, -0.05) is 24.4 Å². The molecule has 0 radical (unpaired) electrons. The van der Waals surface area contributed by atoms with E-state index in [-0.39, 0.29) is 0 Å². The molecule has 2 fully saturated rings. The van der Waals surface area contributed by atoms with Gasteiger partial charge in [0.05, 0.1) is 5.02 Å². The second-order valence-electron chi connectivity index (χ2n) is 5.73. The van der Waals surface area contributed by atoms with Gasteiger partial charge < -0.3 is 5.32 Å². The van der Waals surface area contributed by atoms with Crippen LogP contribution in [0, 0.1) is 11.8 Å². The first-order valence-electron chi connectivity index (χ1n) is 6.94. The van der Waals surface area contributed by atoms with Crippen molar-refractivity contribution in [2.24, 2.45) is 11.8 Å². The van der Waals surface area contributed by atoms with Crippen molar-refractivity contribution in [3.8, 4) is 0 Å². The highest BCUT2D eigenvalue weighted by Gasteiger charge is 2.34. The minimum atomic E-state index is 0.650. The fraction of sp³-hybridized carbons (Fsp3) is 0.600. The van der Waals surface area contributed by atoms with E-state index >= 15 is 0 Å². The van der Waals surface area contributed by atoms with Crippen LogP contribution in [0.1, 0.15) is 38.5 Å². The maximum absolute atomic E-state index is 6.02. The van der Waals surface area contributed by atoms with Gasteiger partial charge in [-0.25, -0.2) is 0 Å². The first-order chi connectivity index (χ1) is 8.72. The minimum absolute atomic E-state index is 0.650. The summed E-state index contributed by atoms with van der Waals surface area (Å²) in [6.45, 7) is 0. The molecule has 0 heterocycles. The van der Waals surface area contributed by atoms with Crippen LogP contribution in [0.3, 0.4) is 0 Å². The maximum Gasteiger partial charge on any atom is 0.0549 e. The van der Waals surface area contributed by atoms with Gasteiger partial charge in [-0.3, -0.25) is 0 Å². The van der Waals surface area contributed by atoms with Gasteiger partial charge in [0.15, 0.2) is 0 Å². The molecule has 0 bridgehead atoms. The Morgan fingerprint density at radius 3 is 2.67 bits per heavy atom. The van der Waals surface area contributed by atoms with Crippen molar-refractivity contribution in [1.29, 1.82) is 0 Å². The Labute approximate surface area is 122 Å². The first kappa shape index (κ1) is 12.8. The minimum Gasteiger partial charge on any atom is -0.382 e. The van der Waals surface area contributed by atoms with E-state index in [1.807, 2.05) is 6.07 Å². The lowest BCUT2D eigenvalue weighted by Gasteiger charge is -2.30.